The van der Waals surface area contributed by atoms with Crippen molar-refractivity contribution in [3.05, 3.63) is 78.8 Å². The molecule has 5 rings (SSSR count). The number of nitrogens with zero attached hydrogens (tertiary/aromatic N) is 4. The molecule has 0 radical (unpaired) electrons. The molecule has 3 aromatic heterocycles. The van der Waals surface area contributed by atoms with Crippen molar-refractivity contribution in [1.29, 1.82) is 0 Å². The Bertz CT molecular complexity index is 1380. The van der Waals surface area contributed by atoms with Crippen LogP contribution in [0, 0.1) is 0 Å². The number of anilines is 1. The molecule has 3 heterocycles. The second-order valence-corrected chi connectivity index (χ2v) is 7.34. The number of hydrogen-bond donors (Lipinski definition) is 2. The van der Waals surface area contributed by atoms with Crippen LogP contribution >= 0.6 is 0 Å². The van der Waals surface area contributed by atoms with Crippen molar-refractivity contribution in [3.8, 4) is 34.0 Å². The molecule has 0 unspecified atom stereocenters. The normalized spacial score (nSPS) is 10.8. The smallest absolute Gasteiger partial charge is 0.169 e. The molecule has 33 heavy (non-hydrogen) atoms. The van der Waals surface area contributed by atoms with Crippen molar-refractivity contribution in [3.63, 3.8) is 0 Å². The number of pyridine rings is 1. The van der Waals surface area contributed by atoms with E-state index in [4.69, 9.17) is 14.5 Å². The first-order chi connectivity index (χ1) is 16.3. The fourth-order valence-corrected chi connectivity index (χ4v) is 3.66. The van der Waals surface area contributed by atoms with Crippen LogP contribution in [-0.4, -0.2) is 39.4 Å². The van der Waals surface area contributed by atoms with Crippen molar-refractivity contribution < 1.29 is 9.47 Å². The van der Waals surface area contributed by atoms with E-state index < -0.39 is 0 Å². The predicted octanol–water partition coefficient (Wildman–Crippen LogP) is 4.71. The molecule has 0 spiro atoms. The van der Waals surface area contributed by atoms with Gasteiger partial charge in [-0.1, -0.05) is 42.5 Å². The second-order valence-electron chi connectivity index (χ2n) is 7.34. The van der Waals surface area contributed by atoms with Gasteiger partial charge in [-0.25, -0.2) is 15.0 Å². The SMILES string of the molecule is COc1ccc(CNc2nc3c(-c4c[nH]nc4-c4ccccc4)ncnc3cc2OC)cc1. The highest BCUT2D eigenvalue weighted by Gasteiger charge is 2.18. The van der Waals surface area contributed by atoms with Crippen LogP contribution < -0.4 is 14.8 Å². The lowest BCUT2D eigenvalue weighted by atomic mass is 10.0. The molecule has 0 fully saturated rings. The molecule has 2 N–H and O–H groups in total. The third-order valence-corrected chi connectivity index (χ3v) is 5.36. The van der Waals surface area contributed by atoms with Crippen LogP contribution in [0.1, 0.15) is 5.56 Å². The van der Waals surface area contributed by atoms with Crippen molar-refractivity contribution in [1.82, 2.24) is 25.1 Å². The molecular weight excluding hydrogens is 416 g/mol. The summed E-state index contributed by atoms with van der Waals surface area (Å²) >= 11 is 0. The molecule has 0 atom stereocenters. The van der Waals surface area contributed by atoms with Crippen molar-refractivity contribution in [2.75, 3.05) is 19.5 Å². The highest BCUT2D eigenvalue weighted by Crippen LogP contribution is 2.34. The number of benzene rings is 2. The molecule has 0 aliphatic heterocycles. The van der Waals surface area contributed by atoms with Crippen LogP contribution in [0.15, 0.2) is 73.2 Å². The van der Waals surface area contributed by atoms with Crippen molar-refractivity contribution >= 4 is 16.9 Å². The van der Waals surface area contributed by atoms with Gasteiger partial charge in [0.25, 0.3) is 0 Å². The van der Waals surface area contributed by atoms with Crippen molar-refractivity contribution in [2.24, 2.45) is 0 Å². The van der Waals surface area contributed by atoms with Gasteiger partial charge in [0, 0.05) is 29.9 Å². The lowest BCUT2D eigenvalue weighted by molar-refractivity contribution is 0.414. The van der Waals surface area contributed by atoms with Crippen LogP contribution in [0.25, 0.3) is 33.5 Å². The van der Waals surface area contributed by atoms with Crippen LogP contribution in [-0.2, 0) is 6.54 Å². The third-order valence-electron chi connectivity index (χ3n) is 5.36. The average Bonchev–Trinajstić information content (AvgIpc) is 3.37. The summed E-state index contributed by atoms with van der Waals surface area (Å²) in [6.45, 7) is 0.572. The van der Waals surface area contributed by atoms with E-state index in [2.05, 4.69) is 25.5 Å². The zero-order valence-electron chi connectivity index (χ0n) is 18.2. The molecule has 5 aromatic rings. The molecule has 2 aromatic carbocycles. The minimum atomic E-state index is 0.572. The van der Waals surface area contributed by atoms with Crippen LogP contribution in [0.2, 0.25) is 0 Å². The lowest BCUT2D eigenvalue weighted by Gasteiger charge is -2.13. The predicted molar refractivity (Wildman–Crippen MR) is 127 cm³/mol. The number of hydrogen-bond acceptors (Lipinski definition) is 7. The first kappa shape index (κ1) is 20.4. The highest BCUT2D eigenvalue weighted by atomic mass is 16.5. The van der Waals surface area contributed by atoms with Gasteiger partial charge in [0.05, 0.1) is 19.7 Å². The summed E-state index contributed by atoms with van der Waals surface area (Å²) in [6, 6.07) is 19.7. The van der Waals surface area contributed by atoms with Crippen LogP contribution in [0.4, 0.5) is 5.82 Å². The standard InChI is InChI=1S/C25H22N6O2/c1-32-18-10-8-16(9-11-18)13-26-25-21(33-2)12-20-24(30-25)23(28-15-27-20)19-14-29-31-22(19)17-6-4-3-5-7-17/h3-12,14-15H,13H2,1-2H3,(H,26,30)(H,29,31). The Hall–Kier alpha value is -4.46. The Labute approximate surface area is 190 Å². The summed E-state index contributed by atoms with van der Waals surface area (Å²) in [5, 5.41) is 10.8. The fraction of sp³-hybridized carbons (Fsp3) is 0.120. The van der Waals surface area contributed by atoms with Crippen LogP contribution in [0.5, 0.6) is 11.5 Å². The molecule has 0 aliphatic rings. The van der Waals surface area contributed by atoms with E-state index in [0.717, 1.165) is 28.1 Å². The summed E-state index contributed by atoms with van der Waals surface area (Å²) in [5.41, 5.74) is 5.79. The minimum absolute atomic E-state index is 0.572. The van der Waals surface area contributed by atoms with Gasteiger partial charge in [-0.15, -0.1) is 0 Å². The van der Waals surface area contributed by atoms with Gasteiger partial charge in [0.15, 0.2) is 11.6 Å². The Balaban J connectivity index is 1.55. The van der Waals surface area contributed by atoms with Gasteiger partial charge in [-0.2, -0.15) is 5.10 Å². The Morgan fingerprint density at radius 2 is 1.73 bits per heavy atom. The number of methoxy groups -OCH3 is 2. The van der Waals surface area contributed by atoms with E-state index >= 15 is 0 Å². The number of fused-ring (bicyclic) bond motifs is 1. The van der Waals surface area contributed by atoms with E-state index in [1.54, 1.807) is 14.2 Å². The molecule has 8 nitrogen and oxygen atoms in total. The highest BCUT2D eigenvalue weighted by molar-refractivity contribution is 5.94. The Morgan fingerprint density at radius 3 is 2.48 bits per heavy atom. The van der Waals surface area contributed by atoms with Crippen LogP contribution in [0.3, 0.4) is 0 Å². The zero-order valence-corrected chi connectivity index (χ0v) is 18.2. The summed E-state index contributed by atoms with van der Waals surface area (Å²) in [7, 11) is 3.27. The largest absolute Gasteiger partial charge is 0.497 e. The van der Waals surface area contributed by atoms with Gasteiger partial charge in [-0.3, -0.25) is 5.10 Å². The summed E-state index contributed by atoms with van der Waals surface area (Å²) in [5.74, 6) is 2.04. The minimum Gasteiger partial charge on any atom is -0.497 e. The number of aromatic amines is 1. The second kappa shape index (κ2) is 8.96. The van der Waals surface area contributed by atoms with Gasteiger partial charge >= 0.3 is 0 Å². The number of rotatable bonds is 7. The lowest BCUT2D eigenvalue weighted by Crippen LogP contribution is -2.05. The molecule has 0 saturated carbocycles. The molecule has 164 valence electrons. The topological polar surface area (TPSA) is 97.8 Å². The maximum atomic E-state index is 5.58. The van der Waals surface area contributed by atoms with Gasteiger partial charge in [-0.05, 0) is 17.7 Å². The first-order valence-electron chi connectivity index (χ1n) is 10.4. The number of nitrogens with one attached hydrogen (secondary N) is 2. The van der Waals surface area contributed by atoms with E-state index in [9.17, 15) is 0 Å². The van der Waals surface area contributed by atoms with Gasteiger partial charge < -0.3 is 14.8 Å². The van der Waals surface area contributed by atoms with E-state index in [1.807, 2.05) is 66.9 Å². The monoisotopic (exact) mass is 438 g/mol. The number of H-pyrrole nitrogens is 1. The van der Waals surface area contributed by atoms with E-state index in [-0.39, 0.29) is 0 Å². The van der Waals surface area contributed by atoms with Gasteiger partial charge in [0.2, 0.25) is 0 Å². The average molecular weight is 438 g/mol. The molecule has 0 amide bonds. The number of aromatic nitrogens is 5. The Kier molecular flexibility index (Phi) is 5.55. The summed E-state index contributed by atoms with van der Waals surface area (Å²) in [4.78, 5) is 13.8. The Morgan fingerprint density at radius 1 is 0.909 bits per heavy atom. The molecule has 0 bridgehead atoms. The summed E-state index contributed by atoms with van der Waals surface area (Å²) in [6.07, 6.45) is 3.37. The van der Waals surface area contributed by atoms with Crippen molar-refractivity contribution in [2.45, 2.75) is 6.54 Å². The molecule has 0 aliphatic carbocycles. The van der Waals surface area contributed by atoms with E-state index in [1.165, 1.54) is 6.33 Å². The number of ether oxygens (including phenoxy) is 2. The summed E-state index contributed by atoms with van der Waals surface area (Å²) < 4.78 is 10.8. The third kappa shape index (κ3) is 4.06. The molecular formula is C25H22N6O2. The zero-order chi connectivity index (χ0) is 22.6. The maximum absolute atomic E-state index is 5.58. The fourth-order valence-electron chi connectivity index (χ4n) is 3.66. The van der Waals surface area contributed by atoms with Gasteiger partial charge in [0.1, 0.15) is 29.0 Å². The quantitative estimate of drug-likeness (QED) is 0.380. The molecule has 8 heteroatoms. The molecule has 0 saturated heterocycles. The van der Waals surface area contributed by atoms with E-state index in [0.29, 0.717) is 34.8 Å². The maximum Gasteiger partial charge on any atom is 0.169 e. The first-order valence-corrected chi connectivity index (χ1v) is 10.4.